The summed E-state index contributed by atoms with van der Waals surface area (Å²) in [5.41, 5.74) is 3.88. The van der Waals surface area contributed by atoms with Crippen LogP contribution in [-0.2, 0) is 11.4 Å². The summed E-state index contributed by atoms with van der Waals surface area (Å²) in [6, 6.07) is 21.7. The van der Waals surface area contributed by atoms with Gasteiger partial charge in [0.15, 0.2) is 16.7 Å². The van der Waals surface area contributed by atoms with E-state index in [1.807, 2.05) is 86.7 Å². The molecule has 1 amide bonds. The molecule has 0 spiro atoms. The summed E-state index contributed by atoms with van der Waals surface area (Å²) in [5, 5.41) is 0.643. The van der Waals surface area contributed by atoms with E-state index in [-0.39, 0.29) is 5.91 Å². The Morgan fingerprint density at radius 3 is 2.44 bits per heavy atom. The third-order valence-corrected chi connectivity index (χ3v) is 6.90. The number of aliphatic imine (C=N–C) groups is 1. The van der Waals surface area contributed by atoms with E-state index in [0.717, 1.165) is 21.3 Å². The first-order valence-corrected chi connectivity index (χ1v) is 12.5. The fraction of sp³-hybridized carbons (Fsp3) is 0.185. The van der Waals surface area contributed by atoms with Crippen LogP contribution in [0.2, 0.25) is 0 Å². The molecule has 1 aliphatic heterocycles. The van der Waals surface area contributed by atoms with Gasteiger partial charge in [0.25, 0.3) is 5.91 Å². The van der Waals surface area contributed by atoms with Crippen LogP contribution in [0.4, 0.5) is 5.69 Å². The lowest BCUT2D eigenvalue weighted by Crippen LogP contribution is -2.23. The standard InChI is InChI=1S/C27H25BrN2O3S/c1-4-32-23-14-20(22(28)16-24(23)33-17-19-8-6-5-7-9-19)15-25-26(31)30(3)27(34-25)29-21-12-10-18(2)11-13-21/h5-16H,4,17H2,1-3H3/b25-15-,29-27?. The molecular weight excluding hydrogens is 512 g/mol. The zero-order valence-corrected chi connectivity index (χ0v) is 21.7. The molecule has 0 atom stereocenters. The van der Waals surface area contributed by atoms with Crippen molar-refractivity contribution in [3.63, 3.8) is 0 Å². The van der Waals surface area contributed by atoms with Crippen molar-refractivity contribution >= 4 is 50.5 Å². The number of carbonyl (C=O) groups is 1. The highest BCUT2D eigenvalue weighted by molar-refractivity contribution is 9.10. The Kier molecular flexibility index (Phi) is 7.75. The van der Waals surface area contributed by atoms with E-state index in [0.29, 0.717) is 34.8 Å². The number of benzene rings is 3. The lowest BCUT2D eigenvalue weighted by molar-refractivity contribution is -0.121. The number of thioether (sulfide) groups is 1. The molecule has 0 saturated carbocycles. The van der Waals surface area contributed by atoms with E-state index in [2.05, 4.69) is 20.9 Å². The molecule has 1 fully saturated rings. The molecule has 0 aliphatic carbocycles. The molecule has 3 aromatic carbocycles. The van der Waals surface area contributed by atoms with Crippen LogP contribution in [0.3, 0.4) is 0 Å². The summed E-state index contributed by atoms with van der Waals surface area (Å²) in [7, 11) is 1.74. The van der Waals surface area contributed by atoms with Crippen molar-refractivity contribution in [1.82, 2.24) is 4.90 Å². The number of amides is 1. The summed E-state index contributed by atoms with van der Waals surface area (Å²) in [6.45, 7) is 4.90. The number of carbonyl (C=O) groups excluding carboxylic acids is 1. The van der Waals surface area contributed by atoms with Crippen LogP contribution in [0.1, 0.15) is 23.6 Å². The van der Waals surface area contributed by atoms with Gasteiger partial charge < -0.3 is 9.47 Å². The third kappa shape index (κ3) is 5.72. The van der Waals surface area contributed by atoms with E-state index in [1.54, 1.807) is 11.9 Å². The van der Waals surface area contributed by atoms with Gasteiger partial charge in [-0.05, 0) is 67.1 Å². The van der Waals surface area contributed by atoms with E-state index >= 15 is 0 Å². The van der Waals surface area contributed by atoms with Crippen LogP contribution in [-0.4, -0.2) is 29.6 Å². The highest BCUT2D eigenvalue weighted by Crippen LogP contribution is 2.38. The first-order valence-electron chi connectivity index (χ1n) is 10.9. The molecule has 0 radical (unpaired) electrons. The number of aryl methyl sites for hydroxylation is 1. The third-order valence-electron chi connectivity index (χ3n) is 5.15. The van der Waals surface area contributed by atoms with Crippen LogP contribution in [0.25, 0.3) is 6.08 Å². The smallest absolute Gasteiger partial charge is 0.266 e. The molecule has 5 nitrogen and oxygen atoms in total. The van der Waals surface area contributed by atoms with Gasteiger partial charge in [0, 0.05) is 11.5 Å². The summed E-state index contributed by atoms with van der Waals surface area (Å²) in [5.74, 6) is 1.18. The van der Waals surface area contributed by atoms with Crippen LogP contribution in [0.5, 0.6) is 11.5 Å². The van der Waals surface area contributed by atoms with Gasteiger partial charge in [0.1, 0.15) is 6.61 Å². The van der Waals surface area contributed by atoms with Gasteiger partial charge in [-0.15, -0.1) is 0 Å². The molecule has 0 N–H and O–H groups in total. The molecule has 4 rings (SSSR count). The summed E-state index contributed by atoms with van der Waals surface area (Å²) in [6.07, 6.45) is 1.86. The number of nitrogens with zero attached hydrogens (tertiary/aromatic N) is 2. The van der Waals surface area contributed by atoms with Crippen molar-refractivity contribution in [2.45, 2.75) is 20.5 Å². The predicted octanol–water partition coefficient (Wildman–Crippen LogP) is 6.97. The number of ether oxygens (including phenoxy) is 2. The Labute approximate surface area is 212 Å². The first kappa shape index (κ1) is 24.1. The highest BCUT2D eigenvalue weighted by atomic mass is 79.9. The monoisotopic (exact) mass is 536 g/mol. The van der Waals surface area contributed by atoms with Gasteiger partial charge in [0.2, 0.25) is 0 Å². The Bertz CT molecular complexity index is 1240. The van der Waals surface area contributed by atoms with Crippen LogP contribution >= 0.6 is 27.7 Å². The van der Waals surface area contributed by atoms with Crippen molar-refractivity contribution in [2.75, 3.05) is 13.7 Å². The largest absolute Gasteiger partial charge is 0.490 e. The maximum Gasteiger partial charge on any atom is 0.266 e. The van der Waals surface area contributed by atoms with E-state index in [9.17, 15) is 4.79 Å². The van der Waals surface area contributed by atoms with Crippen molar-refractivity contribution in [2.24, 2.45) is 4.99 Å². The minimum atomic E-state index is -0.0925. The molecule has 174 valence electrons. The second kappa shape index (κ2) is 10.9. The van der Waals surface area contributed by atoms with Crippen LogP contribution in [0, 0.1) is 6.92 Å². The van der Waals surface area contributed by atoms with Gasteiger partial charge in [-0.1, -0.05) is 64.0 Å². The molecule has 0 aromatic heterocycles. The van der Waals surface area contributed by atoms with Crippen molar-refractivity contribution in [3.05, 3.63) is 92.8 Å². The maximum atomic E-state index is 12.9. The average molecular weight is 537 g/mol. The normalized spacial score (nSPS) is 15.9. The Morgan fingerprint density at radius 1 is 1.03 bits per heavy atom. The Morgan fingerprint density at radius 2 is 1.74 bits per heavy atom. The van der Waals surface area contributed by atoms with Crippen LogP contribution in [0.15, 0.2) is 81.1 Å². The van der Waals surface area contributed by atoms with Gasteiger partial charge in [-0.25, -0.2) is 4.99 Å². The van der Waals surface area contributed by atoms with Gasteiger partial charge in [-0.2, -0.15) is 0 Å². The summed E-state index contributed by atoms with van der Waals surface area (Å²) in [4.78, 5) is 19.7. The second-order valence-electron chi connectivity index (χ2n) is 7.73. The molecule has 1 heterocycles. The lowest BCUT2D eigenvalue weighted by atomic mass is 10.1. The highest BCUT2D eigenvalue weighted by Gasteiger charge is 2.30. The van der Waals surface area contributed by atoms with Crippen LogP contribution < -0.4 is 9.47 Å². The maximum absolute atomic E-state index is 12.9. The van der Waals surface area contributed by atoms with Crippen molar-refractivity contribution < 1.29 is 14.3 Å². The number of hydrogen-bond acceptors (Lipinski definition) is 5. The molecule has 3 aromatic rings. The zero-order valence-electron chi connectivity index (χ0n) is 19.2. The first-order chi connectivity index (χ1) is 16.4. The zero-order chi connectivity index (χ0) is 24.1. The Balaban J connectivity index is 1.59. The minimum absolute atomic E-state index is 0.0925. The second-order valence-corrected chi connectivity index (χ2v) is 9.60. The molecule has 0 unspecified atom stereocenters. The predicted molar refractivity (Wildman–Crippen MR) is 143 cm³/mol. The average Bonchev–Trinajstić information content (AvgIpc) is 3.10. The molecule has 7 heteroatoms. The number of halogens is 1. The number of amidine groups is 1. The molecule has 1 aliphatic rings. The fourth-order valence-corrected chi connectivity index (χ4v) is 4.72. The van der Waals surface area contributed by atoms with E-state index < -0.39 is 0 Å². The molecule has 34 heavy (non-hydrogen) atoms. The topological polar surface area (TPSA) is 51.1 Å². The van der Waals surface area contributed by atoms with Crippen molar-refractivity contribution in [1.29, 1.82) is 0 Å². The van der Waals surface area contributed by atoms with Gasteiger partial charge in [-0.3, -0.25) is 9.69 Å². The van der Waals surface area contributed by atoms with Gasteiger partial charge >= 0.3 is 0 Å². The molecular formula is C27H25BrN2O3S. The number of hydrogen-bond donors (Lipinski definition) is 0. The summed E-state index contributed by atoms with van der Waals surface area (Å²) >= 11 is 4.99. The SMILES string of the molecule is CCOc1cc(/C=C2\SC(=Nc3ccc(C)cc3)N(C)C2=O)c(Br)cc1OCc1ccccc1. The lowest BCUT2D eigenvalue weighted by Gasteiger charge is -2.14. The van der Waals surface area contributed by atoms with Gasteiger partial charge in [0.05, 0.1) is 17.2 Å². The number of likely N-dealkylation sites (N-methyl/N-ethyl adjacent to an activating group) is 1. The van der Waals surface area contributed by atoms with E-state index in [1.165, 1.54) is 17.3 Å². The quantitative estimate of drug-likeness (QED) is 0.306. The summed E-state index contributed by atoms with van der Waals surface area (Å²) < 4.78 is 12.7. The number of rotatable bonds is 7. The Hall–Kier alpha value is -3.03. The minimum Gasteiger partial charge on any atom is -0.490 e. The molecule has 0 bridgehead atoms. The van der Waals surface area contributed by atoms with E-state index in [4.69, 9.17) is 9.47 Å². The van der Waals surface area contributed by atoms with Crippen molar-refractivity contribution in [3.8, 4) is 11.5 Å². The fourth-order valence-electron chi connectivity index (χ4n) is 3.30. The molecule has 1 saturated heterocycles.